The van der Waals surface area contributed by atoms with Crippen molar-refractivity contribution in [3.8, 4) is 5.75 Å². The highest BCUT2D eigenvalue weighted by Crippen LogP contribution is 2.45. The van der Waals surface area contributed by atoms with Gasteiger partial charge in [-0.05, 0) is 62.1 Å². The number of anilines is 1. The second-order valence-electron chi connectivity index (χ2n) is 8.33. The van der Waals surface area contributed by atoms with Crippen molar-refractivity contribution in [1.82, 2.24) is 5.01 Å². The van der Waals surface area contributed by atoms with Crippen molar-refractivity contribution in [2.45, 2.75) is 32.7 Å². The topological polar surface area (TPSA) is 45.1 Å². The Kier molecular flexibility index (Phi) is 5.37. The van der Waals surface area contributed by atoms with E-state index in [9.17, 15) is 4.79 Å². The van der Waals surface area contributed by atoms with Crippen LogP contribution in [0.5, 0.6) is 5.75 Å². The zero-order valence-corrected chi connectivity index (χ0v) is 18.3. The standard InChI is InChI=1S/C25H29N3O2/c1-16(14-17(2)29)28-25(19-6-10-20(11-7-19)27(3)4)22-13-9-18-8-12-21(30-5)15-23(18)24(22)26-28/h6-8,10-12,14-15,22,25H,9,13H2,1-5H3. The molecule has 30 heavy (non-hydrogen) atoms. The summed E-state index contributed by atoms with van der Waals surface area (Å²) in [6, 6.07) is 15.0. The van der Waals surface area contributed by atoms with E-state index >= 15 is 0 Å². The van der Waals surface area contributed by atoms with Gasteiger partial charge in [0.05, 0.1) is 18.9 Å². The van der Waals surface area contributed by atoms with E-state index in [4.69, 9.17) is 9.84 Å². The van der Waals surface area contributed by atoms with Gasteiger partial charge in [-0.15, -0.1) is 0 Å². The minimum atomic E-state index is 0.0337. The zero-order valence-electron chi connectivity index (χ0n) is 18.3. The number of hydrogen-bond donors (Lipinski definition) is 0. The summed E-state index contributed by atoms with van der Waals surface area (Å²) in [5, 5.41) is 7.10. The van der Waals surface area contributed by atoms with Crippen LogP contribution in [0, 0.1) is 5.92 Å². The Bertz CT molecular complexity index is 1020. The maximum atomic E-state index is 11.8. The smallest absolute Gasteiger partial charge is 0.154 e. The fourth-order valence-corrected chi connectivity index (χ4v) is 4.57. The van der Waals surface area contributed by atoms with Crippen molar-refractivity contribution < 1.29 is 9.53 Å². The second kappa shape index (κ2) is 7.98. The average Bonchev–Trinajstić information content (AvgIpc) is 3.13. The maximum Gasteiger partial charge on any atom is 0.154 e. The van der Waals surface area contributed by atoms with Gasteiger partial charge >= 0.3 is 0 Å². The van der Waals surface area contributed by atoms with Crippen molar-refractivity contribution in [3.05, 3.63) is 70.9 Å². The Morgan fingerprint density at radius 1 is 1.17 bits per heavy atom. The van der Waals surface area contributed by atoms with Crippen LogP contribution in [0.1, 0.15) is 43.0 Å². The van der Waals surface area contributed by atoms with Crippen molar-refractivity contribution >= 4 is 17.2 Å². The summed E-state index contributed by atoms with van der Waals surface area (Å²) in [6.45, 7) is 3.55. The molecule has 156 valence electrons. The van der Waals surface area contributed by atoms with Crippen LogP contribution in [0.15, 0.2) is 59.3 Å². The lowest BCUT2D eigenvalue weighted by Crippen LogP contribution is -2.28. The number of fused-ring (bicyclic) bond motifs is 3. The highest BCUT2D eigenvalue weighted by molar-refractivity contribution is 6.06. The summed E-state index contributed by atoms with van der Waals surface area (Å²) in [5.41, 5.74) is 6.82. The van der Waals surface area contributed by atoms with Gasteiger partial charge in [0.2, 0.25) is 0 Å². The van der Waals surface area contributed by atoms with Crippen LogP contribution in [-0.2, 0) is 11.2 Å². The number of methoxy groups -OCH3 is 1. The molecular formula is C25H29N3O2. The van der Waals surface area contributed by atoms with Gasteiger partial charge in [-0.25, -0.2) is 0 Å². The van der Waals surface area contributed by atoms with E-state index in [1.807, 2.05) is 32.1 Å². The van der Waals surface area contributed by atoms with Crippen molar-refractivity contribution in [3.63, 3.8) is 0 Å². The third kappa shape index (κ3) is 3.60. The van der Waals surface area contributed by atoms with Crippen molar-refractivity contribution in [2.24, 2.45) is 11.0 Å². The monoisotopic (exact) mass is 403 g/mol. The van der Waals surface area contributed by atoms with Gasteiger partial charge in [0.1, 0.15) is 5.75 Å². The predicted molar refractivity (Wildman–Crippen MR) is 121 cm³/mol. The number of aryl methyl sites for hydroxylation is 1. The lowest BCUT2D eigenvalue weighted by Gasteiger charge is -2.31. The second-order valence-corrected chi connectivity index (χ2v) is 8.33. The van der Waals surface area contributed by atoms with Gasteiger partial charge in [0, 0.05) is 43.0 Å². The largest absolute Gasteiger partial charge is 0.497 e. The Morgan fingerprint density at radius 2 is 1.90 bits per heavy atom. The first kappa shape index (κ1) is 20.2. The minimum Gasteiger partial charge on any atom is -0.497 e. The molecule has 1 heterocycles. The fraction of sp³-hybridized carbons (Fsp3) is 0.360. The molecule has 2 aromatic carbocycles. The van der Waals surface area contributed by atoms with E-state index < -0.39 is 0 Å². The zero-order chi connectivity index (χ0) is 21.4. The fourth-order valence-electron chi connectivity index (χ4n) is 4.57. The molecule has 0 fully saturated rings. The maximum absolute atomic E-state index is 11.8. The summed E-state index contributed by atoms with van der Waals surface area (Å²) >= 11 is 0. The number of carbonyl (C=O) groups is 1. The molecule has 0 N–H and O–H groups in total. The lowest BCUT2D eigenvalue weighted by molar-refractivity contribution is -0.112. The van der Waals surface area contributed by atoms with E-state index in [2.05, 4.69) is 41.3 Å². The third-order valence-electron chi connectivity index (χ3n) is 6.05. The van der Waals surface area contributed by atoms with Gasteiger partial charge in [-0.2, -0.15) is 5.10 Å². The van der Waals surface area contributed by atoms with Gasteiger partial charge in [-0.1, -0.05) is 18.2 Å². The number of rotatable bonds is 5. The van der Waals surface area contributed by atoms with Crippen molar-refractivity contribution in [1.29, 1.82) is 0 Å². The molecular weight excluding hydrogens is 374 g/mol. The highest BCUT2D eigenvalue weighted by atomic mass is 16.5. The van der Waals surface area contributed by atoms with Crippen LogP contribution in [0.2, 0.25) is 0 Å². The number of hydrogen-bond acceptors (Lipinski definition) is 5. The first-order valence-electron chi connectivity index (χ1n) is 10.4. The average molecular weight is 404 g/mol. The molecule has 4 rings (SSSR count). The van der Waals surface area contributed by atoms with E-state index in [1.165, 1.54) is 22.4 Å². The summed E-state index contributed by atoms with van der Waals surface area (Å²) in [6.07, 6.45) is 3.72. The molecule has 5 heteroatoms. The molecule has 0 saturated carbocycles. The van der Waals surface area contributed by atoms with Crippen LogP contribution < -0.4 is 9.64 Å². The predicted octanol–water partition coefficient (Wildman–Crippen LogP) is 4.58. The van der Waals surface area contributed by atoms with Crippen LogP contribution in [0.25, 0.3) is 0 Å². The first-order valence-corrected chi connectivity index (χ1v) is 10.4. The summed E-state index contributed by atoms with van der Waals surface area (Å²) < 4.78 is 5.47. The molecule has 0 amide bonds. The molecule has 0 radical (unpaired) electrons. The number of benzene rings is 2. The van der Waals surface area contributed by atoms with Gasteiger partial charge in [0.15, 0.2) is 5.78 Å². The molecule has 1 aliphatic heterocycles. The molecule has 2 unspecified atom stereocenters. The number of nitrogens with zero attached hydrogens (tertiary/aromatic N) is 3. The first-order chi connectivity index (χ1) is 14.4. The van der Waals surface area contributed by atoms with Gasteiger partial charge in [0.25, 0.3) is 0 Å². The van der Waals surface area contributed by atoms with E-state index in [0.717, 1.165) is 30.0 Å². The molecule has 0 saturated heterocycles. The van der Waals surface area contributed by atoms with Crippen LogP contribution >= 0.6 is 0 Å². The number of carbonyl (C=O) groups excluding carboxylic acids is 1. The Morgan fingerprint density at radius 3 is 2.53 bits per heavy atom. The number of ether oxygens (including phenoxy) is 1. The number of hydrazone groups is 1. The quantitative estimate of drug-likeness (QED) is 0.686. The Balaban J connectivity index is 1.80. The van der Waals surface area contributed by atoms with Crippen LogP contribution in [0.4, 0.5) is 5.69 Å². The molecule has 2 aromatic rings. The summed E-state index contributed by atoms with van der Waals surface area (Å²) in [4.78, 5) is 13.9. The minimum absolute atomic E-state index is 0.0337. The Hall–Kier alpha value is -3.08. The molecule has 5 nitrogen and oxygen atoms in total. The molecule has 0 bridgehead atoms. The van der Waals surface area contributed by atoms with Crippen LogP contribution in [-0.4, -0.2) is 37.7 Å². The highest BCUT2D eigenvalue weighted by Gasteiger charge is 2.42. The number of allylic oxidation sites excluding steroid dienone is 2. The molecule has 2 atom stereocenters. The van der Waals surface area contributed by atoms with E-state index in [1.54, 1.807) is 20.1 Å². The van der Waals surface area contributed by atoms with Gasteiger partial charge < -0.3 is 9.64 Å². The Labute approximate surface area is 178 Å². The summed E-state index contributed by atoms with van der Waals surface area (Å²) in [7, 11) is 5.78. The molecule has 2 aliphatic rings. The molecule has 0 spiro atoms. The summed E-state index contributed by atoms with van der Waals surface area (Å²) in [5.74, 6) is 1.15. The SMILES string of the molecule is COc1ccc2c(c1)C1=NN(C(C)=CC(C)=O)C(c3ccc(N(C)C)cc3)C1CC2. The van der Waals surface area contributed by atoms with E-state index in [-0.39, 0.29) is 17.7 Å². The third-order valence-corrected chi connectivity index (χ3v) is 6.05. The lowest BCUT2D eigenvalue weighted by atomic mass is 9.77. The normalized spacial score (nSPS) is 20.4. The number of ketones is 1. The molecule has 0 aromatic heterocycles. The van der Waals surface area contributed by atoms with Gasteiger partial charge in [-0.3, -0.25) is 9.80 Å². The van der Waals surface area contributed by atoms with Crippen molar-refractivity contribution in [2.75, 3.05) is 26.1 Å². The van der Waals surface area contributed by atoms with Crippen LogP contribution in [0.3, 0.4) is 0 Å². The molecule has 1 aliphatic carbocycles. The van der Waals surface area contributed by atoms with E-state index in [0.29, 0.717) is 0 Å².